The topological polar surface area (TPSA) is 32.3 Å². The molecule has 1 N–H and O–H groups in total. The zero-order valence-electron chi connectivity index (χ0n) is 12.1. The van der Waals surface area contributed by atoms with Crippen molar-refractivity contribution in [2.24, 2.45) is 5.41 Å². The van der Waals surface area contributed by atoms with Crippen molar-refractivity contribution in [2.75, 3.05) is 19.6 Å². The lowest BCUT2D eigenvalue weighted by Gasteiger charge is -2.39. The molecule has 1 aliphatic rings. The van der Waals surface area contributed by atoms with Gasteiger partial charge in [-0.15, -0.1) is 0 Å². The van der Waals surface area contributed by atoms with E-state index in [-0.39, 0.29) is 17.4 Å². The summed E-state index contributed by atoms with van der Waals surface area (Å²) in [7, 11) is 0. The van der Waals surface area contributed by atoms with Gasteiger partial charge in [-0.1, -0.05) is 44.2 Å². The predicted molar refractivity (Wildman–Crippen MR) is 77.8 cm³/mol. The molecule has 1 heterocycles. The first-order chi connectivity index (χ1) is 8.99. The van der Waals surface area contributed by atoms with Crippen LogP contribution in [0.15, 0.2) is 30.3 Å². The van der Waals surface area contributed by atoms with Crippen molar-refractivity contribution in [1.29, 1.82) is 0 Å². The molecule has 1 saturated heterocycles. The van der Waals surface area contributed by atoms with E-state index in [1.807, 2.05) is 23.1 Å². The van der Waals surface area contributed by atoms with Gasteiger partial charge in [0.25, 0.3) is 0 Å². The fraction of sp³-hybridized carbons (Fsp3) is 0.562. The van der Waals surface area contributed by atoms with Gasteiger partial charge < -0.3 is 10.2 Å². The quantitative estimate of drug-likeness (QED) is 0.886. The summed E-state index contributed by atoms with van der Waals surface area (Å²) in [5.74, 6) is 0.247. The monoisotopic (exact) mass is 260 g/mol. The van der Waals surface area contributed by atoms with Crippen LogP contribution in [0.2, 0.25) is 0 Å². The molecule has 3 heteroatoms. The zero-order chi connectivity index (χ0) is 13.9. The maximum Gasteiger partial charge on any atom is 0.224 e. The Balaban J connectivity index is 2.21. The predicted octanol–water partition coefficient (Wildman–Crippen LogP) is 2.60. The van der Waals surface area contributed by atoms with Gasteiger partial charge >= 0.3 is 0 Å². The lowest BCUT2D eigenvalue weighted by Crippen LogP contribution is -2.47. The van der Waals surface area contributed by atoms with E-state index in [2.05, 4.69) is 38.2 Å². The van der Waals surface area contributed by atoms with Crippen LogP contribution < -0.4 is 5.32 Å². The molecular weight excluding hydrogens is 236 g/mol. The lowest BCUT2D eigenvalue weighted by atomic mass is 9.90. The first-order valence-corrected chi connectivity index (χ1v) is 7.05. The summed E-state index contributed by atoms with van der Waals surface area (Å²) in [6.07, 6.45) is 0.591. The second-order valence-electron chi connectivity index (χ2n) is 6.20. The molecule has 0 spiro atoms. The van der Waals surface area contributed by atoms with E-state index in [1.165, 1.54) is 5.56 Å². The highest BCUT2D eigenvalue weighted by molar-refractivity contribution is 5.77. The Morgan fingerprint density at radius 3 is 2.63 bits per heavy atom. The van der Waals surface area contributed by atoms with Crippen LogP contribution in [0.5, 0.6) is 0 Å². The molecule has 0 bridgehead atoms. The molecule has 1 aromatic rings. The van der Waals surface area contributed by atoms with E-state index >= 15 is 0 Å². The number of carbonyl (C=O) groups is 1. The van der Waals surface area contributed by atoms with Gasteiger partial charge in [-0.25, -0.2) is 0 Å². The average molecular weight is 260 g/mol. The van der Waals surface area contributed by atoms with Gasteiger partial charge in [-0.05, 0) is 17.9 Å². The number of benzene rings is 1. The van der Waals surface area contributed by atoms with E-state index in [0.717, 1.165) is 19.6 Å². The van der Waals surface area contributed by atoms with E-state index in [4.69, 9.17) is 0 Å². The van der Waals surface area contributed by atoms with Crippen LogP contribution in [-0.2, 0) is 4.79 Å². The third kappa shape index (κ3) is 3.57. The summed E-state index contributed by atoms with van der Waals surface area (Å²) >= 11 is 0. The molecule has 1 aliphatic heterocycles. The van der Waals surface area contributed by atoms with Crippen molar-refractivity contribution in [3.05, 3.63) is 35.9 Å². The Hall–Kier alpha value is -1.35. The molecule has 1 amide bonds. The van der Waals surface area contributed by atoms with Gasteiger partial charge in [-0.2, -0.15) is 0 Å². The molecule has 1 atom stereocenters. The maximum atomic E-state index is 12.4. The van der Waals surface area contributed by atoms with Crippen molar-refractivity contribution >= 4 is 5.91 Å². The molecular formula is C16H24N2O. The number of nitrogens with zero attached hydrogens (tertiary/aromatic N) is 1. The van der Waals surface area contributed by atoms with Crippen molar-refractivity contribution in [2.45, 2.75) is 33.2 Å². The second-order valence-corrected chi connectivity index (χ2v) is 6.20. The van der Waals surface area contributed by atoms with Gasteiger partial charge in [0.05, 0.1) is 6.04 Å². The Bertz CT molecular complexity index is 428. The number of amides is 1. The molecule has 104 valence electrons. The van der Waals surface area contributed by atoms with E-state index in [1.54, 1.807) is 0 Å². The Morgan fingerprint density at radius 2 is 1.95 bits per heavy atom. The highest BCUT2D eigenvalue weighted by atomic mass is 16.2. The van der Waals surface area contributed by atoms with Crippen LogP contribution >= 0.6 is 0 Å². The third-order valence-electron chi connectivity index (χ3n) is 3.79. The minimum Gasteiger partial charge on any atom is -0.335 e. The van der Waals surface area contributed by atoms with E-state index in [0.29, 0.717) is 6.42 Å². The Morgan fingerprint density at radius 1 is 1.26 bits per heavy atom. The first-order valence-electron chi connectivity index (χ1n) is 7.05. The van der Waals surface area contributed by atoms with Crippen molar-refractivity contribution in [3.63, 3.8) is 0 Å². The normalized spacial score (nSPS) is 21.6. The summed E-state index contributed by atoms with van der Waals surface area (Å²) in [6.45, 7) is 9.08. The molecule has 1 fully saturated rings. The molecule has 1 unspecified atom stereocenters. The van der Waals surface area contributed by atoms with Gasteiger partial charge in [0.15, 0.2) is 0 Å². The zero-order valence-corrected chi connectivity index (χ0v) is 12.1. The van der Waals surface area contributed by atoms with Crippen LogP contribution in [-0.4, -0.2) is 30.4 Å². The molecule has 0 aromatic heterocycles. The van der Waals surface area contributed by atoms with Crippen LogP contribution in [0.3, 0.4) is 0 Å². The van der Waals surface area contributed by atoms with Crippen LogP contribution in [0.4, 0.5) is 0 Å². The first kappa shape index (κ1) is 14.1. The average Bonchev–Trinajstić information content (AvgIpc) is 2.40. The highest BCUT2D eigenvalue weighted by Crippen LogP contribution is 2.27. The minimum absolute atomic E-state index is 0.110. The Labute approximate surface area is 116 Å². The molecule has 19 heavy (non-hydrogen) atoms. The number of hydrogen-bond acceptors (Lipinski definition) is 2. The second kappa shape index (κ2) is 5.74. The SMILES string of the molecule is CC(c1ccccc1)N1CC(C)(C)CNCCC1=O. The summed E-state index contributed by atoms with van der Waals surface area (Å²) < 4.78 is 0. The van der Waals surface area contributed by atoms with Crippen LogP contribution in [0.1, 0.15) is 38.8 Å². The smallest absolute Gasteiger partial charge is 0.224 e. The van der Waals surface area contributed by atoms with Gasteiger partial charge in [0.2, 0.25) is 5.91 Å². The van der Waals surface area contributed by atoms with Gasteiger partial charge in [0.1, 0.15) is 0 Å². The van der Waals surface area contributed by atoms with Crippen LogP contribution in [0, 0.1) is 5.41 Å². The van der Waals surface area contributed by atoms with E-state index < -0.39 is 0 Å². The number of rotatable bonds is 2. The molecule has 3 nitrogen and oxygen atoms in total. The van der Waals surface area contributed by atoms with E-state index in [9.17, 15) is 4.79 Å². The molecule has 0 aliphatic carbocycles. The van der Waals surface area contributed by atoms with Crippen molar-refractivity contribution < 1.29 is 4.79 Å². The number of nitrogens with one attached hydrogen (secondary N) is 1. The standard InChI is InChI=1S/C16H24N2O/c1-13(14-7-5-4-6-8-14)18-12-16(2,3)11-17-10-9-15(18)19/h4-8,13,17H,9-12H2,1-3H3. The maximum absolute atomic E-state index is 12.4. The fourth-order valence-corrected chi connectivity index (χ4v) is 2.64. The summed E-state index contributed by atoms with van der Waals surface area (Å²) in [5.41, 5.74) is 1.32. The van der Waals surface area contributed by atoms with Gasteiger partial charge in [-0.3, -0.25) is 4.79 Å². The number of carbonyl (C=O) groups excluding carboxylic acids is 1. The molecule has 0 saturated carbocycles. The molecule has 2 rings (SSSR count). The van der Waals surface area contributed by atoms with Gasteiger partial charge in [0, 0.05) is 26.1 Å². The minimum atomic E-state index is 0.110. The highest BCUT2D eigenvalue weighted by Gasteiger charge is 2.30. The third-order valence-corrected chi connectivity index (χ3v) is 3.79. The molecule has 0 radical (unpaired) electrons. The largest absolute Gasteiger partial charge is 0.335 e. The summed E-state index contributed by atoms with van der Waals surface area (Å²) in [4.78, 5) is 14.4. The van der Waals surface area contributed by atoms with Crippen molar-refractivity contribution in [3.8, 4) is 0 Å². The molecule has 1 aromatic carbocycles. The van der Waals surface area contributed by atoms with Crippen LogP contribution in [0.25, 0.3) is 0 Å². The van der Waals surface area contributed by atoms with Crippen molar-refractivity contribution in [1.82, 2.24) is 10.2 Å². The lowest BCUT2D eigenvalue weighted by molar-refractivity contribution is -0.135. The number of hydrogen-bond donors (Lipinski definition) is 1. The summed E-state index contributed by atoms with van der Waals surface area (Å²) in [5, 5.41) is 3.36. The fourth-order valence-electron chi connectivity index (χ4n) is 2.64. The summed E-state index contributed by atoms with van der Waals surface area (Å²) in [6, 6.07) is 10.4. The Kier molecular flexibility index (Phi) is 4.25.